The van der Waals surface area contributed by atoms with Crippen molar-refractivity contribution < 1.29 is 41.8 Å². The zero-order valence-electron chi connectivity index (χ0n) is 17.6. The maximum absolute atomic E-state index is 14.7. The number of benzene rings is 1. The molecule has 2 fully saturated rings. The molecular weight excluding hydrogens is 538 g/mol. The molecule has 2 saturated heterocycles. The fraction of sp³-hybridized carbons (Fsp3) is 0.421. The number of aromatic nitrogens is 2. The van der Waals surface area contributed by atoms with Crippen LogP contribution >= 0.6 is 30.9 Å². The summed E-state index contributed by atoms with van der Waals surface area (Å²) in [5.74, 6) is -4.79. The van der Waals surface area contributed by atoms with E-state index in [1.165, 1.54) is 24.3 Å². The van der Waals surface area contributed by atoms with Gasteiger partial charge < -0.3 is 19.1 Å². The maximum Gasteiger partial charge on any atom is 0.459 e. The van der Waals surface area contributed by atoms with Crippen molar-refractivity contribution in [2.75, 3.05) is 13.2 Å². The van der Waals surface area contributed by atoms with E-state index in [0.29, 0.717) is 4.57 Å². The molecule has 3 heterocycles. The fourth-order valence-corrected chi connectivity index (χ4v) is 5.46. The second kappa shape index (κ2) is 10.1. The van der Waals surface area contributed by atoms with Crippen molar-refractivity contribution in [3.05, 3.63) is 57.2 Å². The lowest BCUT2D eigenvalue weighted by Crippen LogP contribution is -2.42. The lowest BCUT2D eigenvalue weighted by Gasteiger charge is -2.24. The average Bonchev–Trinajstić information content (AvgIpc) is 3.29. The van der Waals surface area contributed by atoms with Gasteiger partial charge in [0.1, 0.15) is 17.9 Å². The second-order valence-corrected chi connectivity index (χ2v) is 10.1. The van der Waals surface area contributed by atoms with E-state index in [0.717, 1.165) is 12.4 Å². The van der Waals surface area contributed by atoms with E-state index in [2.05, 4.69) is 10.1 Å². The van der Waals surface area contributed by atoms with E-state index >= 15 is 0 Å². The number of nitrogens with zero attached hydrogens (tertiary/aromatic N) is 2. The van der Waals surface area contributed by atoms with Gasteiger partial charge in [0.25, 0.3) is 0 Å². The van der Waals surface area contributed by atoms with Crippen LogP contribution in [0.2, 0.25) is 10.0 Å². The van der Waals surface area contributed by atoms with Gasteiger partial charge in [-0.1, -0.05) is 23.2 Å². The van der Waals surface area contributed by atoms with Crippen LogP contribution in [0.1, 0.15) is 12.6 Å². The molecule has 4 rings (SSSR count). The Morgan fingerprint density at radius 2 is 2.11 bits per heavy atom. The predicted octanol–water partition coefficient (Wildman–Crippen LogP) is 2.55. The number of aliphatic hydroxyl groups excluding tert-OH is 1. The maximum atomic E-state index is 14.7. The van der Waals surface area contributed by atoms with Crippen LogP contribution in [0, 0.1) is 0 Å². The number of rotatable bonds is 8. The molecule has 0 bridgehead atoms. The summed E-state index contributed by atoms with van der Waals surface area (Å²) in [7, 11) is -4.49. The van der Waals surface area contributed by atoms with Crippen molar-refractivity contribution in [3.63, 3.8) is 0 Å². The first kappa shape index (κ1) is 26.0. The van der Waals surface area contributed by atoms with Gasteiger partial charge in [-0.2, -0.15) is 13.9 Å². The molecule has 3 unspecified atom stereocenters. The van der Waals surface area contributed by atoms with Gasteiger partial charge in [0.15, 0.2) is 6.10 Å². The molecule has 2 aromatic rings. The molecule has 0 aliphatic carbocycles. The molecule has 2 aliphatic rings. The number of carbonyl (C=O) groups excluding carboxylic acids is 1. The standard InChI is InChI=1S/C19H18Cl2F2N3O8P/c20-10-2-3-13(11(21)8-10)34-35(30,25-12-4-7-31-16(12)28)32-9-14-15(27)19(22,23)17(33-14)26-6-1-5-24-18(26)29/h1-3,5-6,8,12,14-15,17,27H,4,7,9H2,(H,25,30)/t12-,14?,15+,17?,35?/m0/s1. The Bertz CT molecular complexity index is 1220. The molecule has 0 amide bonds. The number of hydrogen-bond donors (Lipinski definition) is 2. The van der Waals surface area contributed by atoms with Gasteiger partial charge in [0, 0.05) is 23.8 Å². The van der Waals surface area contributed by atoms with Crippen LogP contribution in [0.4, 0.5) is 8.78 Å². The van der Waals surface area contributed by atoms with Crippen molar-refractivity contribution in [1.29, 1.82) is 0 Å². The van der Waals surface area contributed by atoms with E-state index < -0.39 is 56.4 Å². The van der Waals surface area contributed by atoms with Crippen molar-refractivity contribution in [2.24, 2.45) is 0 Å². The molecule has 1 aromatic carbocycles. The van der Waals surface area contributed by atoms with Crippen LogP contribution in [-0.2, 0) is 23.4 Å². The van der Waals surface area contributed by atoms with Gasteiger partial charge in [-0.05, 0) is 24.3 Å². The first-order valence-corrected chi connectivity index (χ1v) is 12.4. The van der Waals surface area contributed by atoms with Gasteiger partial charge in [0.05, 0.1) is 18.2 Å². The molecule has 5 atom stereocenters. The average molecular weight is 556 g/mol. The molecule has 1 aromatic heterocycles. The Morgan fingerprint density at radius 3 is 2.77 bits per heavy atom. The number of aliphatic hydroxyl groups is 1. The summed E-state index contributed by atoms with van der Waals surface area (Å²) < 4.78 is 64.2. The first-order chi connectivity index (χ1) is 16.5. The Balaban J connectivity index is 1.55. The Labute approximate surface area is 206 Å². The second-order valence-electron chi connectivity index (χ2n) is 7.55. The number of ether oxygens (including phenoxy) is 2. The van der Waals surface area contributed by atoms with Crippen LogP contribution in [-0.4, -0.2) is 58.0 Å². The third-order valence-electron chi connectivity index (χ3n) is 5.14. The normalized spacial score (nSPS) is 27.4. The molecular formula is C19H18Cl2F2N3O8P. The molecule has 0 spiro atoms. The fourth-order valence-electron chi connectivity index (χ4n) is 3.40. The van der Waals surface area contributed by atoms with E-state index in [-0.39, 0.29) is 28.8 Å². The van der Waals surface area contributed by atoms with E-state index in [9.17, 15) is 28.0 Å². The lowest BCUT2D eigenvalue weighted by molar-refractivity contribution is -0.141. The molecule has 16 heteroatoms. The SMILES string of the molecule is O=C1OCC[C@@H]1NP(=O)(OCC1OC(n2cccnc2=O)C(F)(F)[C@@H]1O)Oc1ccc(Cl)cc1Cl. The smallest absolute Gasteiger partial charge is 0.459 e. The Kier molecular flexibility index (Phi) is 7.49. The summed E-state index contributed by atoms with van der Waals surface area (Å²) in [6.45, 7) is -0.823. The zero-order chi connectivity index (χ0) is 25.4. The highest BCUT2D eigenvalue weighted by molar-refractivity contribution is 7.52. The molecule has 190 valence electrons. The van der Waals surface area contributed by atoms with Gasteiger partial charge in [-0.25, -0.2) is 14.3 Å². The highest BCUT2D eigenvalue weighted by Gasteiger charge is 2.60. The molecule has 35 heavy (non-hydrogen) atoms. The number of hydrogen-bond acceptors (Lipinski definition) is 9. The van der Waals surface area contributed by atoms with Crippen LogP contribution < -0.4 is 15.3 Å². The number of cyclic esters (lactones) is 1. The zero-order valence-corrected chi connectivity index (χ0v) is 20.0. The molecule has 0 saturated carbocycles. The van der Waals surface area contributed by atoms with Gasteiger partial charge in [-0.3, -0.25) is 13.9 Å². The van der Waals surface area contributed by atoms with Gasteiger partial charge in [-0.15, -0.1) is 0 Å². The monoisotopic (exact) mass is 555 g/mol. The van der Waals surface area contributed by atoms with Crippen LogP contribution in [0.3, 0.4) is 0 Å². The molecule has 0 radical (unpaired) electrons. The van der Waals surface area contributed by atoms with E-state index in [1.807, 2.05) is 0 Å². The third kappa shape index (κ3) is 5.51. The lowest BCUT2D eigenvalue weighted by atomic mass is 10.1. The summed E-state index contributed by atoms with van der Waals surface area (Å²) in [5, 5.41) is 12.8. The van der Waals surface area contributed by atoms with Crippen LogP contribution in [0.25, 0.3) is 0 Å². The molecule has 11 nitrogen and oxygen atoms in total. The number of esters is 1. The van der Waals surface area contributed by atoms with Gasteiger partial charge in [0.2, 0.25) is 6.23 Å². The summed E-state index contributed by atoms with van der Waals surface area (Å²) in [6.07, 6.45) is -4.11. The van der Waals surface area contributed by atoms with Crippen LogP contribution in [0.15, 0.2) is 41.5 Å². The number of alkyl halides is 2. The van der Waals surface area contributed by atoms with Gasteiger partial charge >= 0.3 is 25.3 Å². The van der Waals surface area contributed by atoms with Crippen LogP contribution in [0.5, 0.6) is 5.75 Å². The minimum atomic E-state index is -4.49. The minimum Gasteiger partial charge on any atom is -0.464 e. The number of halogens is 4. The van der Waals surface area contributed by atoms with Crippen molar-refractivity contribution in [1.82, 2.24) is 14.6 Å². The Morgan fingerprint density at radius 1 is 1.34 bits per heavy atom. The summed E-state index contributed by atoms with van der Waals surface area (Å²) >= 11 is 11.9. The van der Waals surface area contributed by atoms with Crippen molar-refractivity contribution in [2.45, 2.75) is 36.8 Å². The topological polar surface area (TPSA) is 138 Å². The number of carbonyl (C=O) groups is 1. The minimum absolute atomic E-state index is 0.0446. The van der Waals surface area contributed by atoms with E-state index in [4.69, 9.17) is 41.7 Å². The Hall–Kier alpha value is -2.12. The largest absolute Gasteiger partial charge is 0.464 e. The highest BCUT2D eigenvalue weighted by atomic mass is 35.5. The summed E-state index contributed by atoms with van der Waals surface area (Å²) in [4.78, 5) is 27.2. The van der Waals surface area contributed by atoms with Crippen molar-refractivity contribution >= 4 is 36.9 Å². The summed E-state index contributed by atoms with van der Waals surface area (Å²) in [6, 6.07) is 4.13. The quantitative estimate of drug-likeness (QED) is 0.369. The molecule has 2 aliphatic heterocycles. The van der Waals surface area contributed by atoms with E-state index in [1.54, 1.807) is 0 Å². The third-order valence-corrected chi connectivity index (χ3v) is 7.23. The highest BCUT2D eigenvalue weighted by Crippen LogP contribution is 2.49. The number of nitrogens with one attached hydrogen (secondary N) is 1. The molecule has 2 N–H and O–H groups in total. The van der Waals surface area contributed by atoms with Crippen molar-refractivity contribution in [3.8, 4) is 5.75 Å². The summed E-state index contributed by atoms with van der Waals surface area (Å²) in [5.41, 5.74) is -1.03. The predicted molar refractivity (Wildman–Crippen MR) is 117 cm³/mol. The first-order valence-electron chi connectivity index (χ1n) is 10.1.